The molecular weight excluding hydrogens is 568 g/mol. The molecule has 154 valence electrons. The van der Waals surface area contributed by atoms with Gasteiger partial charge in [0.05, 0.1) is 32.6 Å². The number of amidine groups is 1. The third kappa shape index (κ3) is 6.35. The van der Waals surface area contributed by atoms with Crippen LogP contribution in [-0.2, 0) is 9.92 Å². The smallest absolute Gasteiger partial charge is 0.202 e. The van der Waals surface area contributed by atoms with E-state index in [2.05, 4.69) is 44.8 Å². The highest BCUT2D eigenvalue weighted by molar-refractivity contribution is 14.1. The van der Waals surface area contributed by atoms with Gasteiger partial charge in [-0.25, -0.2) is 22.7 Å². The highest BCUT2D eigenvalue weighted by Crippen LogP contribution is 2.21. The van der Waals surface area contributed by atoms with E-state index in [9.17, 15) is 8.60 Å². The number of hydrogen-bond donors (Lipinski definition) is 4. The summed E-state index contributed by atoms with van der Waals surface area (Å²) in [5.74, 6) is 0.404. The molecule has 13 heteroatoms. The molecule has 0 aliphatic rings. The van der Waals surface area contributed by atoms with Crippen molar-refractivity contribution in [3.8, 4) is 0 Å². The summed E-state index contributed by atoms with van der Waals surface area (Å²) in [6.07, 6.45) is 0.615. The summed E-state index contributed by atoms with van der Waals surface area (Å²) in [5.41, 5.74) is 0.981. The number of halogens is 3. The maximum absolute atomic E-state index is 13.4. The summed E-state index contributed by atoms with van der Waals surface area (Å²) in [7, 11) is -2.78. The van der Waals surface area contributed by atoms with Crippen molar-refractivity contribution in [2.24, 2.45) is 3.21 Å². The Kier molecular flexibility index (Phi) is 8.57. The second-order valence-electron chi connectivity index (χ2n) is 5.97. The van der Waals surface area contributed by atoms with Crippen LogP contribution in [0.25, 0.3) is 0 Å². The third-order valence-corrected chi connectivity index (χ3v) is 6.66. The number of benzene rings is 1. The number of rotatable bonds is 9. The average Bonchev–Trinajstić information content (AvgIpc) is 3.10. The lowest BCUT2D eigenvalue weighted by atomic mass is 10.3. The highest BCUT2D eigenvalue weighted by atomic mass is 127. The molecule has 9 nitrogen and oxygen atoms in total. The van der Waals surface area contributed by atoms with Gasteiger partial charge in [0.1, 0.15) is 15.7 Å². The van der Waals surface area contributed by atoms with Crippen LogP contribution in [0, 0.1) is 10.6 Å². The van der Waals surface area contributed by atoms with E-state index < -0.39 is 9.92 Å². The molecule has 0 aliphatic carbocycles. The lowest BCUT2D eigenvalue weighted by molar-refractivity contribution is 0.308. The summed E-state index contributed by atoms with van der Waals surface area (Å²) in [6, 6.07) is 4.48. The first kappa shape index (κ1) is 23.0. The molecule has 28 heavy (non-hydrogen) atoms. The van der Waals surface area contributed by atoms with Crippen LogP contribution < -0.4 is 15.4 Å². The normalized spacial score (nSPS) is 14.1. The Morgan fingerprint density at radius 1 is 1.43 bits per heavy atom. The molecule has 0 saturated carbocycles. The minimum atomic E-state index is -2.78. The first-order valence-corrected chi connectivity index (χ1v) is 11.6. The lowest BCUT2D eigenvalue weighted by Gasteiger charge is -2.12. The van der Waals surface area contributed by atoms with Gasteiger partial charge in [-0.3, -0.25) is 0 Å². The van der Waals surface area contributed by atoms with Crippen molar-refractivity contribution in [2.75, 3.05) is 23.7 Å². The quantitative estimate of drug-likeness (QED) is 0.152. The molecule has 0 saturated heterocycles. The van der Waals surface area contributed by atoms with Gasteiger partial charge in [-0.05, 0) is 64.7 Å². The molecule has 1 unspecified atom stereocenters. The maximum atomic E-state index is 13.4. The second kappa shape index (κ2) is 10.5. The minimum Gasteiger partial charge on any atom is -0.365 e. The van der Waals surface area contributed by atoms with Crippen molar-refractivity contribution in [2.45, 2.75) is 25.5 Å². The van der Waals surface area contributed by atoms with Crippen LogP contribution >= 0.6 is 38.8 Å². The summed E-state index contributed by atoms with van der Waals surface area (Å²) in [4.78, 5) is 0. The first-order valence-electron chi connectivity index (χ1n) is 8.24. The molecule has 2 aromatic rings. The van der Waals surface area contributed by atoms with E-state index in [1.54, 1.807) is 26.0 Å². The van der Waals surface area contributed by atoms with Crippen molar-refractivity contribution < 1.29 is 13.2 Å². The summed E-state index contributed by atoms with van der Waals surface area (Å²) >= 11 is 4.95. The van der Waals surface area contributed by atoms with Gasteiger partial charge in [0.2, 0.25) is 5.82 Å². The van der Waals surface area contributed by atoms with Crippen LogP contribution in [0.15, 0.2) is 30.5 Å². The van der Waals surface area contributed by atoms with E-state index in [1.807, 2.05) is 22.9 Å². The van der Waals surface area contributed by atoms with Gasteiger partial charge in [0.25, 0.3) is 0 Å². The van der Waals surface area contributed by atoms with Crippen LogP contribution in [0.4, 0.5) is 15.9 Å². The summed E-state index contributed by atoms with van der Waals surface area (Å²) in [6.45, 7) is 4.40. The molecule has 1 heterocycles. The molecule has 0 bridgehead atoms. The molecule has 1 atom stereocenters. The average molecular weight is 588 g/mol. The molecule has 0 fully saturated rings. The third-order valence-electron chi connectivity index (χ3n) is 3.61. The van der Waals surface area contributed by atoms with E-state index in [-0.39, 0.29) is 11.1 Å². The van der Waals surface area contributed by atoms with Crippen molar-refractivity contribution >= 4 is 66.1 Å². The van der Waals surface area contributed by atoms with Crippen molar-refractivity contribution in [1.82, 2.24) is 15.0 Å². The van der Waals surface area contributed by atoms with Crippen molar-refractivity contribution in [3.63, 3.8) is 0 Å². The molecule has 1 aromatic heterocycles. The summed E-state index contributed by atoms with van der Waals surface area (Å²) in [5, 5.41) is 13.5. The summed E-state index contributed by atoms with van der Waals surface area (Å²) < 4.78 is 45.0. The van der Waals surface area contributed by atoms with Gasteiger partial charge in [-0.2, -0.15) is 3.21 Å². The van der Waals surface area contributed by atoms with Gasteiger partial charge in [-0.15, -0.1) is 0 Å². The number of nitrogens with one attached hydrogen (secondary N) is 4. The fourth-order valence-electron chi connectivity index (χ4n) is 1.98. The Morgan fingerprint density at radius 3 is 2.82 bits per heavy atom. The van der Waals surface area contributed by atoms with Crippen LogP contribution in [0.2, 0.25) is 0 Å². The van der Waals surface area contributed by atoms with Crippen molar-refractivity contribution in [3.05, 3.63) is 34.2 Å². The second-order valence-corrected chi connectivity index (χ2v) is 9.74. The SMILES string of the molecule is CC(C)S(=N)(=O)NCCCNc1nonc1C(=NI)Nc1ccc(F)c(Br)c1. The Morgan fingerprint density at radius 2 is 2.18 bits per heavy atom. The van der Waals surface area contributed by atoms with Gasteiger partial charge in [0, 0.05) is 18.8 Å². The van der Waals surface area contributed by atoms with Gasteiger partial charge in [0.15, 0.2) is 11.5 Å². The largest absolute Gasteiger partial charge is 0.365 e. The van der Waals surface area contributed by atoms with E-state index in [0.717, 1.165) is 0 Å². The molecule has 0 aliphatic heterocycles. The zero-order chi connectivity index (χ0) is 20.7. The fourth-order valence-corrected chi connectivity index (χ4v) is 3.49. The lowest BCUT2D eigenvalue weighted by Crippen LogP contribution is -2.31. The predicted octanol–water partition coefficient (Wildman–Crippen LogP) is 3.94. The molecule has 0 radical (unpaired) electrons. The standard InChI is InChI=1S/C15H20BrFIN7O2S/c1-9(2)28(19,26)21-7-3-6-20-14-13(24-27-25-14)15(23-18)22-10-4-5-12(17)11(16)8-10/h4-5,8-9H,3,6-7H2,1-2H3,(H,20,25)(H,22,23)(H2,19,21,26). The number of nitrogens with zero attached hydrogens (tertiary/aromatic N) is 3. The van der Waals surface area contributed by atoms with E-state index >= 15 is 0 Å². The Labute approximate surface area is 185 Å². The van der Waals surface area contributed by atoms with Gasteiger partial charge >= 0.3 is 0 Å². The molecule has 2 rings (SSSR count). The van der Waals surface area contributed by atoms with E-state index in [4.69, 9.17) is 9.41 Å². The predicted molar refractivity (Wildman–Crippen MR) is 120 cm³/mol. The number of anilines is 2. The number of aromatic nitrogens is 2. The Hall–Kier alpha value is -1.32. The van der Waals surface area contributed by atoms with Crippen LogP contribution in [0.1, 0.15) is 26.0 Å². The molecule has 0 amide bonds. The monoisotopic (exact) mass is 587 g/mol. The first-order chi connectivity index (χ1) is 13.2. The van der Waals surface area contributed by atoms with E-state index in [1.165, 1.54) is 6.07 Å². The zero-order valence-corrected chi connectivity index (χ0v) is 19.7. The van der Waals surface area contributed by atoms with Gasteiger partial charge in [-0.1, -0.05) is 0 Å². The molecule has 0 spiro atoms. The Balaban J connectivity index is 1.95. The van der Waals surface area contributed by atoms with Crippen LogP contribution in [0.3, 0.4) is 0 Å². The minimum absolute atomic E-state index is 0.258. The molecule has 1 aromatic carbocycles. The highest BCUT2D eigenvalue weighted by Gasteiger charge is 2.17. The molecule has 4 N–H and O–H groups in total. The van der Waals surface area contributed by atoms with Crippen LogP contribution in [0.5, 0.6) is 0 Å². The van der Waals surface area contributed by atoms with Crippen LogP contribution in [-0.4, -0.2) is 38.7 Å². The topological polar surface area (TPSA) is 128 Å². The Bertz CT molecular complexity index is 936. The zero-order valence-electron chi connectivity index (χ0n) is 15.1. The van der Waals surface area contributed by atoms with Gasteiger partial charge < -0.3 is 10.6 Å². The fraction of sp³-hybridized carbons (Fsp3) is 0.400. The maximum Gasteiger partial charge on any atom is 0.202 e. The van der Waals surface area contributed by atoms with E-state index in [0.29, 0.717) is 47.0 Å². The number of hydrogen-bond acceptors (Lipinski definition) is 7. The van der Waals surface area contributed by atoms with Crippen molar-refractivity contribution in [1.29, 1.82) is 4.78 Å². The molecular formula is C15H20BrFIN7O2S.